The molecular weight excluding hydrogens is 236 g/mol. The smallest absolute Gasteiger partial charge is 0.226 e. The van der Waals surface area contributed by atoms with E-state index in [-0.39, 0.29) is 12.3 Å². The number of carbonyl (C=O) groups is 1. The second kappa shape index (κ2) is 5.40. The van der Waals surface area contributed by atoms with Crippen molar-refractivity contribution in [2.75, 3.05) is 5.73 Å². The van der Waals surface area contributed by atoms with Crippen molar-refractivity contribution in [1.29, 1.82) is 0 Å². The fraction of sp³-hybridized carbons (Fsp3) is 0.182. The molecule has 0 aliphatic carbocycles. The first-order valence-electron chi connectivity index (χ1n) is 5.09. The summed E-state index contributed by atoms with van der Waals surface area (Å²) in [5.74, 6) is -0.0629. The first-order valence-corrected chi connectivity index (χ1v) is 5.97. The monoisotopic (exact) mass is 248 g/mol. The molecule has 0 bridgehead atoms. The third kappa shape index (κ3) is 3.53. The Labute approximate surface area is 103 Å². The molecule has 0 fully saturated rings. The van der Waals surface area contributed by atoms with E-state index in [2.05, 4.69) is 15.3 Å². The van der Waals surface area contributed by atoms with Crippen molar-refractivity contribution in [3.8, 4) is 0 Å². The highest BCUT2D eigenvalue weighted by molar-refractivity contribution is 7.13. The average Bonchev–Trinajstić information content (AvgIpc) is 2.73. The first-order chi connectivity index (χ1) is 8.24. The zero-order valence-electron chi connectivity index (χ0n) is 9.09. The van der Waals surface area contributed by atoms with Crippen molar-refractivity contribution < 1.29 is 4.79 Å². The van der Waals surface area contributed by atoms with Crippen LogP contribution in [0.4, 0.5) is 5.13 Å². The molecule has 0 atom stereocenters. The van der Waals surface area contributed by atoms with Crippen LogP contribution in [-0.4, -0.2) is 15.9 Å². The predicted octanol–water partition coefficient (Wildman–Crippen LogP) is 0.979. The first kappa shape index (κ1) is 11.5. The van der Waals surface area contributed by atoms with Crippen LogP contribution in [0.3, 0.4) is 0 Å². The Morgan fingerprint density at radius 3 is 2.82 bits per heavy atom. The van der Waals surface area contributed by atoms with Crippen LogP contribution in [0.15, 0.2) is 29.9 Å². The summed E-state index contributed by atoms with van der Waals surface area (Å²) < 4.78 is 0. The van der Waals surface area contributed by atoms with Crippen LogP contribution >= 0.6 is 11.3 Å². The third-order valence-corrected chi connectivity index (χ3v) is 2.87. The lowest BCUT2D eigenvalue weighted by atomic mass is 10.2. The van der Waals surface area contributed by atoms with Gasteiger partial charge in [-0.2, -0.15) is 0 Å². The number of hydrogen-bond acceptors (Lipinski definition) is 5. The molecule has 0 saturated carbocycles. The molecule has 3 N–H and O–H groups in total. The number of nitrogen functional groups attached to an aromatic ring is 1. The number of nitrogens with zero attached hydrogens (tertiary/aromatic N) is 2. The van der Waals surface area contributed by atoms with Gasteiger partial charge in [-0.3, -0.25) is 9.78 Å². The highest BCUT2D eigenvalue weighted by Gasteiger charge is 2.06. The van der Waals surface area contributed by atoms with Crippen LogP contribution < -0.4 is 11.1 Å². The molecule has 17 heavy (non-hydrogen) atoms. The number of aromatic nitrogens is 2. The Hall–Kier alpha value is -1.95. The van der Waals surface area contributed by atoms with E-state index in [0.717, 1.165) is 5.56 Å². The zero-order valence-corrected chi connectivity index (χ0v) is 9.91. The van der Waals surface area contributed by atoms with Crippen LogP contribution in [0.1, 0.15) is 11.3 Å². The Bertz CT molecular complexity index is 497. The normalized spacial score (nSPS) is 10.1. The minimum absolute atomic E-state index is 0.0629. The maximum Gasteiger partial charge on any atom is 0.226 e. The highest BCUT2D eigenvalue weighted by atomic mass is 32.1. The van der Waals surface area contributed by atoms with Crippen molar-refractivity contribution in [3.05, 3.63) is 41.2 Å². The van der Waals surface area contributed by atoms with E-state index < -0.39 is 0 Å². The molecule has 0 spiro atoms. The molecule has 0 aliphatic heterocycles. The predicted molar refractivity (Wildman–Crippen MR) is 66.3 cm³/mol. The standard InChI is InChI=1S/C11H12N4OS/c12-11-15-9(7-17-11)5-10(16)14-6-8-1-3-13-4-2-8/h1-4,7H,5-6H2,(H2,12,15)(H,14,16). The van der Waals surface area contributed by atoms with Gasteiger partial charge in [-0.1, -0.05) is 0 Å². The summed E-state index contributed by atoms with van der Waals surface area (Å²) in [5, 5.41) is 5.09. The van der Waals surface area contributed by atoms with Gasteiger partial charge in [0.1, 0.15) is 0 Å². The molecule has 88 valence electrons. The van der Waals surface area contributed by atoms with E-state index in [1.54, 1.807) is 17.8 Å². The van der Waals surface area contributed by atoms with Crippen molar-refractivity contribution in [2.45, 2.75) is 13.0 Å². The Morgan fingerprint density at radius 2 is 2.18 bits per heavy atom. The molecule has 0 radical (unpaired) electrons. The topological polar surface area (TPSA) is 80.9 Å². The number of carbonyl (C=O) groups excluding carboxylic acids is 1. The minimum atomic E-state index is -0.0629. The molecule has 0 saturated heterocycles. The van der Waals surface area contributed by atoms with Gasteiger partial charge >= 0.3 is 0 Å². The summed E-state index contributed by atoms with van der Waals surface area (Å²) >= 11 is 1.34. The SMILES string of the molecule is Nc1nc(CC(=O)NCc2ccncc2)cs1. The molecule has 0 aliphatic rings. The van der Waals surface area contributed by atoms with E-state index in [1.165, 1.54) is 11.3 Å². The molecule has 0 aromatic carbocycles. The molecule has 1 amide bonds. The van der Waals surface area contributed by atoms with Crippen LogP contribution in [0.2, 0.25) is 0 Å². The van der Waals surface area contributed by atoms with Crippen molar-refractivity contribution in [1.82, 2.24) is 15.3 Å². The number of amides is 1. The van der Waals surface area contributed by atoms with E-state index in [9.17, 15) is 4.79 Å². The summed E-state index contributed by atoms with van der Waals surface area (Å²) in [7, 11) is 0. The lowest BCUT2D eigenvalue weighted by Gasteiger charge is -2.03. The van der Waals surface area contributed by atoms with Gasteiger partial charge < -0.3 is 11.1 Å². The van der Waals surface area contributed by atoms with E-state index in [0.29, 0.717) is 17.4 Å². The number of nitrogens with two attached hydrogens (primary N) is 1. The van der Waals surface area contributed by atoms with Gasteiger partial charge in [-0.25, -0.2) is 4.98 Å². The molecule has 0 unspecified atom stereocenters. The van der Waals surface area contributed by atoms with Gasteiger partial charge in [-0.05, 0) is 17.7 Å². The molecule has 2 aromatic rings. The zero-order chi connectivity index (χ0) is 12.1. The molecule has 5 nitrogen and oxygen atoms in total. The molecule has 2 heterocycles. The summed E-state index contributed by atoms with van der Waals surface area (Å²) in [4.78, 5) is 19.5. The largest absolute Gasteiger partial charge is 0.375 e. The number of nitrogens with one attached hydrogen (secondary N) is 1. The highest BCUT2D eigenvalue weighted by Crippen LogP contribution is 2.11. The Balaban J connectivity index is 1.82. The number of pyridine rings is 1. The van der Waals surface area contributed by atoms with Gasteiger partial charge in [0.15, 0.2) is 5.13 Å². The summed E-state index contributed by atoms with van der Waals surface area (Å²) in [6.45, 7) is 0.501. The fourth-order valence-electron chi connectivity index (χ4n) is 1.33. The average molecular weight is 248 g/mol. The van der Waals surface area contributed by atoms with E-state index >= 15 is 0 Å². The van der Waals surface area contributed by atoms with Crippen molar-refractivity contribution in [2.24, 2.45) is 0 Å². The number of thiazole rings is 1. The maximum absolute atomic E-state index is 11.6. The third-order valence-electron chi connectivity index (χ3n) is 2.15. The number of rotatable bonds is 4. The molecule has 6 heteroatoms. The second-order valence-electron chi connectivity index (χ2n) is 3.49. The number of hydrogen-bond donors (Lipinski definition) is 2. The Morgan fingerprint density at radius 1 is 1.41 bits per heavy atom. The van der Waals surface area contributed by atoms with Crippen LogP contribution in [-0.2, 0) is 17.8 Å². The molecule has 2 rings (SSSR count). The van der Waals surface area contributed by atoms with Crippen molar-refractivity contribution >= 4 is 22.4 Å². The van der Waals surface area contributed by atoms with Gasteiger partial charge in [0.25, 0.3) is 0 Å². The number of anilines is 1. The van der Waals surface area contributed by atoms with Gasteiger partial charge in [-0.15, -0.1) is 11.3 Å². The second-order valence-corrected chi connectivity index (χ2v) is 4.38. The van der Waals surface area contributed by atoms with Crippen molar-refractivity contribution in [3.63, 3.8) is 0 Å². The van der Waals surface area contributed by atoms with Crippen LogP contribution in [0.25, 0.3) is 0 Å². The summed E-state index contributed by atoms with van der Waals surface area (Å²) in [6, 6.07) is 3.72. The van der Waals surface area contributed by atoms with Crippen LogP contribution in [0.5, 0.6) is 0 Å². The van der Waals surface area contributed by atoms with E-state index in [4.69, 9.17) is 5.73 Å². The lowest BCUT2D eigenvalue weighted by Crippen LogP contribution is -2.24. The quantitative estimate of drug-likeness (QED) is 0.845. The molecule has 2 aromatic heterocycles. The van der Waals surface area contributed by atoms with Gasteiger partial charge in [0.05, 0.1) is 12.1 Å². The van der Waals surface area contributed by atoms with E-state index in [1.807, 2.05) is 12.1 Å². The Kier molecular flexibility index (Phi) is 3.66. The maximum atomic E-state index is 11.6. The minimum Gasteiger partial charge on any atom is -0.375 e. The lowest BCUT2D eigenvalue weighted by molar-refractivity contribution is -0.120. The fourth-order valence-corrected chi connectivity index (χ4v) is 1.89. The van der Waals surface area contributed by atoms with Gasteiger partial charge in [0, 0.05) is 24.3 Å². The summed E-state index contributed by atoms with van der Waals surface area (Å²) in [5.41, 5.74) is 7.22. The molecular formula is C11H12N4OS. The van der Waals surface area contributed by atoms with Gasteiger partial charge in [0.2, 0.25) is 5.91 Å². The van der Waals surface area contributed by atoms with Crippen LogP contribution in [0, 0.1) is 0 Å². The summed E-state index contributed by atoms with van der Waals surface area (Å²) in [6.07, 6.45) is 3.66.